The third kappa shape index (κ3) is 1.31. The van der Waals surface area contributed by atoms with Crippen LogP contribution in [0.5, 0.6) is 0 Å². The summed E-state index contributed by atoms with van der Waals surface area (Å²) in [5.41, 5.74) is -3.19. The van der Waals surface area contributed by atoms with Crippen LogP contribution in [0.4, 0.5) is 0 Å². The zero-order valence-corrected chi connectivity index (χ0v) is 5.57. The van der Waals surface area contributed by atoms with Gasteiger partial charge in [0.15, 0.2) is 0 Å². The summed E-state index contributed by atoms with van der Waals surface area (Å²) < 4.78 is 0.0778. The summed E-state index contributed by atoms with van der Waals surface area (Å²) in [7, 11) is 0. The smallest absolute Gasteiger partial charge is 0.331 e. The maximum absolute atomic E-state index is 10.7. The molecule has 0 aliphatic heterocycles. The van der Waals surface area contributed by atoms with Crippen LogP contribution >= 0.6 is 0 Å². The molecule has 0 aliphatic carbocycles. The Morgan fingerprint density at radius 3 is 2.08 bits per heavy atom. The lowest BCUT2D eigenvalue weighted by Gasteiger charge is -1.94. The molecule has 12 heavy (non-hydrogen) atoms. The average molecular weight is 173 g/mol. The molecular formula is C4H3N3O5. The van der Waals surface area contributed by atoms with Crippen molar-refractivity contribution in [3.63, 3.8) is 0 Å². The Morgan fingerprint density at radius 2 is 1.67 bits per heavy atom. The second-order valence-electron chi connectivity index (χ2n) is 1.69. The molecule has 1 rings (SSSR count). The molecule has 64 valence electrons. The molecule has 8 heteroatoms. The maximum Gasteiger partial charge on any atom is 0.367 e. The molecule has 0 atom stereocenters. The minimum absolute atomic E-state index is 0.0778. The van der Waals surface area contributed by atoms with Gasteiger partial charge in [0.05, 0.1) is 0 Å². The first-order chi connectivity index (χ1) is 5.65. The van der Waals surface area contributed by atoms with Crippen molar-refractivity contribution in [2.75, 3.05) is 0 Å². The molecule has 0 spiro atoms. The Morgan fingerprint density at radius 1 is 1.17 bits per heavy atom. The van der Waals surface area contributed by atoms with Crippen LogP contribution in [0.25, 0.3) is 0 Å². The molecule has 1 aromatic rings. The van der Waals surface area contributed by atoms with Gasteiger partial charge >= 0.3 is 23.5 Å². The van der Waals surface area contributed by atoms with Crippen LogP contribution < -0.4 is 21.9 Å². The minimum atomic E-state index is -1.11. The zero-order chi connectivity index (χ0) is 9.14. The van der Waals surface area contributed by atoms with E-state index in [1.54, 1.807) is 9.97 Å². The van der Waals surface area contributed by atoms with Crippen LogP contribution in [0.2, 0.25) is 0 Å². The average Bonchev–Trinajstić information content (AvgIpc) is 1.96. The molecule has 8 nitrogen and oxygen atoms in total. The largest absolute Gasteiger partial charge is 0.367 e. The Balaban J connectivity index is 3.49. The van der Waals surface area contributed by atoms with E-state index in [-0.39, 0.29) is 11.2 Å². The molecule has 1 aromatic heterocycles. The van der Waals surface area contributed by atoms with Gasteiger partial charge in [-0.15, -0.1) is 0 Å². The number of carbonyl (C=O) groups is 1. The van der Waals surface area contributed by atoms with E-state index in [1.807, 2.05) is 0 Å². The molecule has 0 saturated heterocycles. The molecule has 2 N–H and O–H groups in total. The lowest BCUT2D eigenvalue weighted by atomic mass is 11.0. The van der Waals surface area contributed by atoms with Crippen LogP contribution in [0.15, 0.2) is 14.4 Å². The number of nitrogens with zero attached hydrogens (tertiary/aromatic N) is 1. The van der Waals surface area contributed by atoms with Gasteiger partial charge in [-0.1, -0.05) is 4.73 Å². The van der Waals surface area contributed by atoms with Crippen LogP contribution in [0.3, 0.4) is 0 Å². The van der Waals surface area contributed by atoms with Crippen molar-refractivity contribution in [1.29, 1.82) is 0 Å². The highest BCUT2D eigenvalue weighted by Crippen LogP contribution is 1.50. The summed E-state index contributed by atoms with van der Waals surface area (Å²) in [6.45, 7) is -0.116. The lowest BCUT2D eigenvalue weighted by Crippen LogP contribution is -2.46. The lowest BCUT2D eigenvalue weighted by molar-refractivity contribution is -0.130. The van der Waals surface area contributed by atoms with Gasteiger partial charge in [0, 0.05) is 0 Å². The molecule has 0 radical (unpaired) electrons. The van der Waals surface area contributed by atoms with Gasteiger partial charge in [-0.2, -0.15) is 0 Å². The van der Waals surface area contributed by atoms with Crippen LogP contribution in [0, 0.1) is 0 Å². The second-order valence-corrected chi connectivity index (χ2v) is 1.69. The Hall–Kier alpha value is -2.12. The van der Waals surface area contributed by atoms with E-state index in [1.165, 1.54) is 0 Å². The van der Waals surface area contributed by atoms with Crippen molar-refractivity contribution in [3.05, 3.63) is 31.5 Å². The highest BCUT2D eigenvalue weighted by atomic mass is 16.7. The number of rotatable bonds is 2. The van der Waals surface area contributed by atoms with E-state index in [0.29, 0.717) is 0 Å². The van der Waals surface area contributed by atoms with Crippen LogP contribution in [-0.2, 0) is 4.79 Å². The Bertz CT molecular complexity index is 416. The molecule has 0 bridgehead atoms. The van der Waals surface area contributed by atoms with Crippen molar-refractivity contribution in [1.82, 2.24) is 14.7 Å². The van der Waals surface area contributed by atoms with Crippen molar-refractivity contribution < 1.29 is 9.63 Å². The van der Waals surface area contributed by atoms with E-state index in [2.05, 4.69) is 4.84 Å². The fourth-order valence-corrected chi connectivity index (χ4v) is 0.558. The molecule has 0 fully saturated rings. The third-order valence-corrected chi connectivity index (χ3v) is 0.958. The predicted octanol–water partition coefficient (Wildman–Crippen LogP) is -3.19. The summed E-state index contributed by atoms with van der Waals surface area (Å²) in [5, 5.41) is 0. The van der Waals surface area contributed by atoms with Gasteiger partial charge < -0.3 is 4.84 Å². The highest BCUT2D eigenvalue weighted by Gasteiger charge is 2.01. The van der Waals surface area contributed by atoms with E-state index in [4.69, 9.17) is 0 Å². The van der Waals surface area contributed by atoms with Crippen molar-refractivity contribution in [3.8, 4) is 0 Å². The van der Waals surface area contributed by atoms with Gasteiger partial charge in [0.2, 0.25) is 0 Å². The SMILES string of the molecule is O=COn1c(=O)[nH]c(=O)[nH]c1=O. The topological polar surface area (TPSA) is 114 Å². The Kier molecular flexibility index (Phi) is 1.90. The fourth-order valence-electron chi connectivity index (χ4n) is 0.558. The summed E-state index contributed by atoms with van der Waals surface area (Å²) in [6, 6.07) is 0. The van der Waals surface area contributed by atoms with Crippen molar-refractivity contribution in [2.24, 2.45) is 0 Å². The van der Waals surface area contributed by atoms with Gasteiger partial charge in [0.1, 0.15) is 0 Å². The molecule has 0 unspecified atom stereocenters. The number of hydrogen-bond acceptors (Lipinski definition) is 5. The van der Waals surface area contributed by atoms with E-state index in [9.17, 15) is 19.2 Å². The second kappa shape index (κ2) is 2.86. The van der Waals surface area contributed by atoms with Crippen LogP contribution in [-0.4, -0.2) is 21.2 Å². The van der Waals surface area contributed by atoms with Crippen LogP contribution in [0.1, 0.15) is 0 Å². The van der Waals surface area contributed by atoms with Crippen molar-refractivity contribution in [2.45, 2.75) is 0 Å². The number of carbonyl (C=O) groups excluding carboxylic acids is 1. The zero-order valence-electron chi connectivity index (χ0n) is 5.57. The first-order valence-electron chi connectivity index (χ1n) is 2.71. The van der Waals surface area contributed by atoms with Crippen molar-refractivity contribution >= 4 is 6.47 Å². The van der Waals surface area contributed by atoms with Gasteiger partial charge in [-0.25, -0.2) is 14.4 Å². The van der Waals surface area contributed by atoms with E-state index >= 15 is 0 Å². The molecule has 0 amide bonds. The number of aromatic amines is 2. The van der Waals surface area contributed by atoms with Gasteiger partial charge in [-0.3, -0.25) is 14.8 Å². The van der Waals surface area contributed by atoms with Gasteiger partial charge in [-0.05, 0) is 0 Å². The third-order valence-electron chi connectivity index (χ3n) is 0.958. The summed E-state index contributed by atoms with van der Waals surface area (Å²) in [6.07, 6.45) is 0. The predicted molar refractivity (Wildman–Crippen MR) is 34.6 cm³/mol. The number of aromatic nitrogens is 3. The van der Waals surface area contributed by atoms with E-state index in [0.717, 1.165) is 0 Å². The highest BCUT2D eigenvalue weighted by molar-refractivity contribution is 5.37. The number of hydrogen-bond donors (Lipinski definition) is 2. The molecule has 1 heterocycles. The molecule has 0 aromatic carbocycles. The molecular weight excluding hydrogens is 170 g/mol. The standard InChI is InChI=1S/C4H3N3O5/c8-1-12-7-3(10)5-2(9)6-4(7)11/h1H,(H2,5,6,9,10,11). The monoisotopic (exact) mass is 173 g/mol. The maximum atomic E-state index is 10.7. The quantitative estimate of drug-likeness (QED) is 0.457. The summed E-state index contributed by atoms with van der Waals surface area (Å²) in [5.74, 6) is 0. The summed E-state index contributed by atoms with van der Waals surface area (Å²) >= 11 is 0. The summed E-state index contributed by atoms with van der Waals surface area (Å²) in [4.78, 5) is 48.7. The normalized spacial score (nSPS) is 9.33. The van der Waals surface area contributed by atoms with E-state index < -0.39 is 17.1 Å². The number of nitrogens with one attached hydrogen (secondary N) is 2. The Labute approximate surface area is 63.4 Å². The first-order valence-corrected chi connectivity index (χ1v) is 2.71. The van der Waals surface area contributed by atoms with Gasteiger partial charge in [0.25, 0.3) is 0 Å². The number of H-pyrrole nitrogens is 2. The molecule has 0 aliphatic rings. The fraction of sp³-hybridized carbons (Fsp3) is 0. The first kappa shape index (κ1) is 7.98. The molecule has 0 saturated carbocycles. The minimum Gasteiger partial charge on any atom is -0.331 e.